The lowest BCUT2D eigenvalue weighted by Gasteiger charge is -2.17. The SMILES string of the molecule is CSCCC(NC(=O)c1ccccc1)C(=O)Nc1nc(-c2ccc(Cl)cc2)cs1. The Morgan fingerprint density at radius 3 is 2.55 bits per heavy atom. The summed E-state index contributed by atoms with van der Waals surface area (Å²) in [5, 5.41) is 8.68. The quantitative estimate of drug-likeness (QED) is 0.514. The third-order valence-electron chi connectivity index (χ3n) is 4.14. The molecule has 0 radical (unpaired) electrons. The van der Waals surface area contributed by atoms with Crippen LogP contribution >= 0.6 is 34.7 Å². The van der Waals surface area contributed by atoms with Crippen molar-refractivity contribution >= 4 is 51.6 Å². The molecule has 3 aromatic rings. The van der Waals surface area contributed by atoms with Gasteiger partial charge in [0.2, 0.25) is 5.91 Å². The number of aromatic nitrogens is 1. The molecule has 1 heterocycles. The molecule has 1 unspecified atom stereocenters. The summed E-state index contributed by atoms with van der Waals surface area (Å²) >= 11 is 8.89. The van der Waals surface area contributed by atoms with E-state index in [0.717, 1.165) is 17.0 Å². The summed E-state index contributed by atoms with van der Waals surface area (Å²) in [4.78, 5) is 29.7. The zero-order valence-electron chi connectivity index (χ0n) is 15.7. The molecule has 0 aliphatic rings. The molecule has 0 aliphatic heterocycles. The van der Waals surface area contributed by atoms with Crippen molar-refractivity contribution < 1.29 is 9.59 Å². The van der Waals surface area contributed by atoms with Crippen LogP contribution in [0.4, 0.5) is 5.13 Å². The summed E-state index contributed by atoms with van der Waals surface area (Å²) in [6.45, 7) is 0. The van der Waals surface area contributed by atoms with E-state index in [2.05, 4.69) is 15.6 Å². The van der Waals surface area contributed by atoms with Crippen molar-refractivity contribution in [3.05, 3.63) is 70.6 Å². The molecule has 2 N–H and O–H groups in total. The highest BCUT2D eigenvalue weighted by Gasteiger charge is 2.22. The Hall–Kier alpha value is -2.35. The van der Waals surface area contributed by atoms with Crippen molar-refractivity contribution in [3.63, 3.8) is 0 Å². The number of anilines is 1. The number of benzene rings is 2. The molecule has 8 heteroatoms. The number of hydrogen-bond donors (Lipinski definition) is 2. The van der Waals surface area contributed by atoms with E-state index in [4.69, 9.17) is 11.6 Å². The molecule has 0 bridgehead atoms. The summed E-state index contributed by atoms with van der Waals surface area (Å²) in [5.74, 6) is 0.203. The zero-order valence-corrected chi connectivity index (χ0v) is 18.1. The van der Waals surface area contributed by atoms with Crippen molar-refractivity contribution in [3.8, 4) is 11.3 Å². The van der Waals surface area contributed by atoms with E-state index in [1.54, 1.807) is 48.2 Å². The minimum Gasteiger partial charge on any atom is -0.340 e. The fourth-order valence-corrected chi connectivity index (χ4v) is 3.93. The molecule has 2 aromatic carbocycles. The van der Waals surface area contributed by atoms with Crippen molar-refractivity contribution in [1.29, 1.82) is 0 Å². The molecule has 5 nitrogen and oxygen atoms in total. The smallest absolute Gasteiger partial charge is 0.251 e. The molecular weight excluding hydrogens is 426 g/mol. The Morgan fingerprint density at radius 1 is 1.14 bits per heavy atom. The fraction of sp³-hybridized carbons (Fsp3) is 0.190. The average Bonchev–Trinajstić information content (AvgIpc) is 3.20. The highest BCUT2D eigenvalue weighted by atomic mass is 35.5. The third kappa shape index (κ3) is 6.06. The Morgan fingerprint density at radius 2 is 1.86 bits per heavy atom. The van der Waals surface area contributed by atoms with E-state index in [9.17, 15) is 9.59 Å². The van der Waals surface area contributed by atoms with Crippen LogP contribution in [0.2, 0.25) is 5.02 Å². The highest BCUT2D eigenvalue weighted by molar-refractivity contribution is 7.98. The first-order valence-corrected chi connectivity index (χ1v) is 11.6. The van der Waals surface area contributed by atoms with Gasteiger partial charge in [0, 0.05) is 21.5 Å². The average molecular weight is 446 g/mol. The Balaban J connectivity index is 1.68. The maximum atomic E-state index is 12.8. The van der Waals surface area contributed by atoms with Gasteiger partial charge in [0.05, 0.1) is 5.69 Å². The van der Waals surface area contributed by atoms with E-state index in [-0.39, 0.29) is 11.8 Å². The first-order chi connectivity index (χ1) is 14.1. The van der Waals surface area contributed by atoms with E-state index in [0.29, 0.717) is 22.1 Å². The topological polar surface area (TPSA) is 71.1 Å². The number of carbonyl (C=O) groups is 2. The van der Waals surface area contributed by atoms with Gasteiger partial charge in [-0.25, -0.2) is 4.98 Å². The summed E-state index contributed by atoms with van der Waals surface area (Å²) in [6, 6.07) is 15.6. The Kier molecular flexibility index (Phi) is 7.69. The molecule has 1 atom stereocenters. The molecule has 3 rings (SSSR count). The van der Waals surface area contributed by atoms with Crippen molar-refractivity contribution in [2.45, 2.75) is 12.5 Å². The van der Waals surface area contributed by atoms with Crippen LogP contribution in [0, 0.1) is 0 Å². The lowest BCUT2D eigenvalue weighted by Crippen LogP contribution is -2.44. The molecule has 0 saturated carbocycles. The van der Waals surface area contributed by atoms with Gasteiger partial charge in [-0.1, -0.05) is 41.9 Å². The van der Waals surface area contributed by atoms with Gasteiger partial charge in [-0.15, -0.1) is 11.3 Å². The van der Waals surface area contributed by atoms with Gasteiger partial charge >= 0.3 is 0 Å². The number of carbonyl (C=O) groups excluding carboxylic acids is 2. The molecule has 2 amide bonds. The molecule has 0 aliphatic carbocycles. The number of thioether (sulfide) groups is 1. The number of amides is 2. The largest absolute Gasteiger partial charge is 0.340 e. The van der Waals surface area contributed by atoms with Gasteiger partial charge < -0.3 is 10.6 Å². The first kappa shape index (κ1) is 21.4. The molecule has 0 spiro atoms. The van der Waals surface area contributed by atoms with E-state index in [1.807, 2.05) is 29.8 Å². The number of halogens is 1. The maximum Gasteiger partial charge on any atom is 0.251 e. The summed E-state index contributed by atoms with van der Waals surface area (Å²) in [5.41, 5.74) is 2.20. The summed E-state index contributed by atoms with van der Waals surface area (Å²) < 4.78 is 0. The third-order valence-corrected chi connectivity index (χ3v) is 5.80. The predicted molar refractivity (Wildman–Crippen MR) is 122 cm³/mol. The van der Waals surface area contributed by atoms with Crippen LogP contribution < -0.4 is 10.6 Å². The minimum absolute atomic E-state index is 0.271. The monoisotopic (exact) mass is 445 g/mol. The standard InChI is InChI=1S/C21H20ClN3O2S2/c1-28-12-11-17(23-19(26)15-5-3-2-4-6-15)20(27)25-21-24-18(13-29-21)14-7-9-16(22)10-8-14/h2-10,13,17H,11-12H2,1H3,(H,23,26)(H,24,25,27). The molecule has 0 saturated heterocycles. The fourth-order valence-electron chi connectivity index (χ4n) is 2.61. The number of thiazole rings is 1. The predicted octanol–water partition coefficient (Wildman–Crippen LogP) is 4.95. The summed E-state index contributed by atoms with van der Waals surface area (Å²) in [6.07, 6.45) is 2.49. The van der Waals surface area contributed by atoms with E-state index in [1.165, 1.54) is 11.3 Å². The molecule has 29 heavy (non-hydrogen) atoms. The van der Waals surface area contributed by atoms with Crippen LogP contribution in [0.1, 0.15) is 16.8 Å². The number of rotatable bonds is 8. The van der Waals surface area contributed by atoms with Crippen molar-refractivity contribution in [2.24, 2.45) is 0 Å². The van der Waals surface area contributed by atoms with E-state index < -0.39 is 6.04 Å². The normalized spacial score (nSPS) is 11.7. The van der Waals surface area contributed by atoms with Gasteiger partial charge in [-0.2, -0.15) is 11.8 Å². The second-order valence-electron chi connectivity index (χ2n) is 6.21. The van der Waals surface area contributed by atoms with Gasteiger partial charge in [-0.3, -0.25) is 9.59 Å². The molecule has 0 fully saturated rings. The van der Waals surface area contributed by atoms with Crippen LogP contribution in [0.5, 0.6) is 0 Å². The minimum atomic E-state index is -0.641. The molecule has 1 aromatic heterocycles. The van der Waals surface area contributed by atoms with Gasteiger partial charge in [0.1, 0.15) is 6.04 Å². The Bertz CT molecular complexity index is 962. The number of nitrogens with one attached hydrogen (secondary N) is 2. The molecular formula is C21H20ClN3O2S2. The number of hydrogen-bond acceptors (Lipinski definition) is 5. The van der Waals surface area contributed by atoms with Gasteiger partial charge in [0.25, 0.3) is 5.91 Å². The van der Waals surface area contributed by atoms with Crippen LogP contribution in [0.3, 0.4) is 0 Å². The molecule has 150 valence electrons. The van der Waals surface area contributed by atoms with Crippen LogP contribution in [-0.4, -0.2) is 34.8 Å². The maximum absolute atomic E-state index is 12.8. The van der Waals surface area contributed by atoms with Crippen LogP contribution in [0.25, 0.3) is 11.3 Å². The van der Waals surface area contributed by atoms with Crippen molar-refractivity contribution in [2.75, 3.05) is 17.3 Å². The zero-order chi connectivity index (χ0) is 20.6. The second kappa shape index (κ2) is 10.4. The lowest BCUT2D eigenvalue weighted by molar-refractivity contribution is -0.118. The Labute approximate surface area is 182 Å². The van der Waals surface area contributed by atoms with Gasteiger partial charge in [0.15, 0.2) is 5.13 Å². The van der Waals surface area contributed by atoms with Crippen LogP contribution in [0.15, 0.2) is 60.0 Å². The lowest BCUT2D eigenvalue weighted by atomic mass is 10.1. The first-order valence-electron chi connectivity index (χ1n) is 8.94. The van der Waals surface area contributed by atoms with E-state index >= 15 is 0 Å². The summed E-state index contributed by atoms with van der Waals surface area (Å²) in [7, 11) is 0. The van der Waals surface area contributed by atoms with Crippen molar-refractivity contribution in [1.82, 2.24) is 10.3 Å². The highest BCUT2D eigenvalue weighted by Crippen LogP contribution is 2.26. The van der Waals surface area contributed by atoms with Crippen LogP contribution in [-0.2, 0) is 4.79 Å². The second-order valence-corrected chi connectivity index (χ2v) is 8.49. The number of nitrogens with zero attached hydrogens (tertiary/aromatic N) is 1. The van der Waals surface area contributed by atoms with Gasteiger partial charge in [-0.05, 0) is 42.7 Å².